The van der Waals surface area contributed by atoms with Gasteiger partial charge >= 0.3 is 10.7 Å². The number of aliphatic imine (C=N–C) groups is 1. The number of nitriles is 2. The van der Waals surface area contributed by atoms with Crippen LogP contribution < -0.4 is 5.11 Å². The number of carbonyl (C=O) groups is 2. The summed E-state index contributed by atoms with van der Waals surface area (Å²) in [6, 6.07) is 23.6. The van der Waals surface area contributed by atoms with Crippen LogP contribution in [-0.4, -0.2) is 42.1 Å². The second kappa shape index (κ2) is 12.0. The summed E-state index contributed by atoms with van der Waals surface area (Å²) < 4.78 is 3.48. The SMILES string of the molecule is COC(=O)C(C#N)([S+](C)C)C(C#N)(Cc1ccccc1)Cc1ccccc1.O=C1CCC([O-])=N1. The van der Waals surface area contributed by atoms with Crippen molar-refractivity contribution in [3.63, 3.8) is 0 Å². The average Bonchev–Trinajstić information content (AvgIpc) is 3.23. The highest BCUT2D eigenvalue weighted by Gasteiger charge is 2.68. The first-order valence-corrected chi connectivity index (χ1v) is 12.6. The van der Waals surface area contributed by atoms with Crippen LogP contribution in [0.25, 0.3) is 0 Å². The molecular weight excluding hydrogens is 450 g/mol. The second-order valence-electron chi connectivity index (χ2n) is 8.02. The number of hydrogen-bond acceptors (Lipinski definition) is 6. The molecule has 2 aromatic carbocycles. The van der Waals surface area contributed by atoms with Crippen LogP contribution in [0.2, 0.25) is 0 Å². The number of hydrogen-bond donors (Lipinski definition) is 0. The van der Waals surface area contributed by atoms with Gasteiger partial charge in [-0.25, -0.2) is 9.79 Å². The van der Waals surface area contributed by atoms with Gasteiger partial charge in [0.05, 0.1) is 25.7 Å². The van der Waals surface area contributed by atoms with Crippen LogP contribution in [0, 0.1) is 28.1 Å². The van der Waals surface area contributed by atoms with Crippen LogP contribution in [0.4, 0.5) is 0 Å². The predicted molar refractivity (Wildman–Crippen MR) is 130 cm³/mol. The van der Waals surface area contributed by atoms with Gasteiger partial charge in [-0.3, -0.25) is 4.79 Å². The molecule has 0 saturated heterocycles. The number of amides is 1. The number of rotatable bonds is 7. The summed E-state index contributed by atoms with van der Waals surface area (Å²) in [5.41, 5.74) is 0.553. The van der Waals surface area contributed by atoms with E-state index in [1.54, 1.807) is 0 Å². The molecule has 34 heavy (non-hydrogen) atoms. The first kappa shape index (κ1) is 26.6. The quantitative estimate of drug-likeness (QED) is 0.445. The van der Waals surface area contributed by atoms with Crippen LogP contribution in [0.15, 0.2) is 65.7 Å². The van der Waals surface area contributed by atoms with E-state index in [4.69, 9.17) is 4.74 Å². The topological polar surface area (TPSA) is 126 Å². The summed E-state index contributed by atoms with van der Waals surface area (Å²) in [4.78, 5) is 26.1. The van der Waals surface area contributed by atoms with Crippen LogP contribution in [0.3, 0.4) is 0 Å². The van der Waals surface area contributed by atoms with Gasteiger partial charge in [0.2, 0.25) is 5.91 Å². The van der Waals surface area contributed by atoms with E-state index in [9.17, 15) is 25.2 Å². The van der Waals surface area contributed by atoms with Crippen molar-refractivity contribution in [1.29, 1.82) is 10.5 Å². The van der Waals surface area contributed by atoms with Crippen LogP contribution in [0.1, 0.15) is 24.0 Å². The van der Waals surface area contributed by atoms with Crippen molar-refractivity contribution < 1.29 is 19.4 Å². The molecule has 1 amide bonds. The normalized spacial score (nSPS) is 14.6. The first-order valence-electron chi connectivity index (χ1n) is 10.6. The van der Waals surface area contributed by atoms with Crippen molar-refractivity contribution in [1.82, 2.24) is 0 Å². The molecule has 1 atom stereocenters. The second-order valence-corrected chi connectivity index (χ2v) is 10.3. The zero-order chi connectivity index (χ0) is 25.2. The molecule has 0 spiro atoms. The molecule has 1 aliphatic heterocycles. The molecule has 1 unspecified atom stereocenters. The lowest BCUT2D eigenvalue weighted by Gasteiger charge is -2.36. The van der Waals surface area contributed by atoms with Crippen molar-refractivity contribution in [2.24, 2.45) is 10.4 Å². The van der Waals surface area contributed by atoms with Gasteiger partial charge in [0, 0.05) is 17.3 Å². The molecule has 0 radical (unpaired) electrons. The van der Waals surface area contributed by atoms with E-state index in [-0.39, 0.29) is 24.6 Å². The maximum atomic E-state index is 12.9. The molecule has 8 heteroatoms. The van der Waals surface area contributed by atoms with Crippen molar-refractivity contribution in [2.45, 2.75) is 30.4 Å². The Bertz CT molecular complexity index is 1060. The molecule has 0 bridgehead atoms. The molecule has 1 aliphatic rings. The van der Waals surface area contributed by atoms with E-state index >= 15 is 0 Å². The monoisotopic (exact) mass is 477 g/mol. The maximum absolute atomic E-state index is 12.9. The highest BCUT2D eigenvalue weighted by Crippen LogP contribution is 2.44. The number of nitrogens with zero attached hydrogens (tertiary/aromatic N) is 3. The van der Waals surface area contributed by atoms with Gasteiger partial charge in [0.1, 0.15) is 11.5 Å². The summed E-state index contributed by atoms with van der Waals surface area (Å²) in [5.74, 6) is -1.19. The van der Waals surface area contributed by atoms with Crippen molar-refractivity contribution in [3.05, 3.63) is 71.8 Å². The fraction of sp³-hybridized carbons (Fsp3) is 0.346. The third-order valence-electron chi connectivity index (χ3n) is 5.63. The average molecular weight is 478 g/mol. The van der Waals surface area contributed by atoms with E-state index in [0.29, 0.717) is 12.8 Å². The largest absolute Gasteiger partial charge is 0.862 e. The molecule has 0 saturated carbocycles. The molecule has 3 rings (SSSR count). The van der Waals surface area contributed by atoms with Gasteiger partial charge in [-0.15, -0.1) is 0 Å². The molecule has 0 aromatic heterocycles. The van der Waals surface area contributed by atoms with Crippen LogP contribution >= 0.6 is 0 Å². The maximum Gasteiger partial charge on any atom is 0.379 e. The number of esters is 1. The summed E-state index contributed by atoms with van der Waals surface area (Å²) in [7, 11) is 0.556. The third-order valence-corrected chi connectivity index (χ3v) is 7.50. The van der Waals surface area contributed by atoms with E-state index < -0.39 is 27.0 Å². The predicted octanol–water partition coefficient (Wildman–Crippen LogP) is 2.36. The Labute approximate surface area is 203 Å². The van der Waals surface area contributed by atoms with E-state index in [0.717, 1.165) is 11.1 Å². The number of methoxy groups -OCH3 is 1. The number of ether oxygens (including phenoxy) is 1. The van der Waals surface area contributed by atoms with Gasteiger partial charge < -0.3 is 9.84 Å². The zero-order valence-electron chi connectivity index (χ0n) is 19.5. The first-order chi connectivity index (χ1) is 16.2. The minimum absolute atomic E-state index is 0.273. The standard InChI is InChI=1S/C22H23N2O2S.C4H5NO2/c1-26-20(25)22(17-24,27(2)3)21(16-23,14-18-10-6-4-7-11-18)15-19-12-8-5-9-13-19;6-3-1-2-4(7)5-3/h4-13H,14-15H2,1-3H3;1-2H2,(H,5,6,7)/q+1;/p-1. The highest BCUT2D eigenvalue weighted by molar-refractivity contribution is 7.97. The van der Waals surface area contributed by atoms with Gasteiger partial charge in [-0.2, -0.15) is 10.5 Å². The highest BCUT2D eigenvalue weighted by atomic mass is 32.2. The molecule has 0 fully saturated rings. The Morgan fingerprint density at radius 3 is 1.76 bits per heavy atom. The van der Waals surface area contributed by atoms with Gasteiger partial charge in [-0.1, -0.05) is 60.7 Å². The fourth-order valence-electron chi connectivity index (χ4n) is 3.96. The van der Waals surface area contributed by atoms with E-state index in [2.05, 4.69) is 17.1 Å². The van der Waals surface area contributed by atoms with Crippen molar-refractivity contribution in [3.8, 4) is 12.1 Å². The van der Waals surface area contributed by atoms with Crippen LogP contribution in [0.5, 0.6) is 0 Å². The lowest BCUT2D eigenvalue weighted by molar-refractivity contribution is -0.217. The molecule has 0 aliphatic carbocycles. The smallest absolute Gasteiger partial charge is 0.379 e. The minimum atomic E-state index is -1.57. The number of benzene rings is 2. The summed E-state index contributed by atoms with van der Waals surface area (Å²) in [6.45, 7) is 0. The molecule has 0 N–H and O–H groups in total. The van der Waals surface area contributed by atoms with Crippen LogP contribution in [-0.2, 0) is 38.1 Å². The Morgan fingerprint density at radius 1 is 1.00 bits per heavy atom. The zero-order valence-corrected chi connectivity index (χ0v) is 20.3. The minimum Gasteiger partial charge on any atom is -0.862 e. The van der Waals surface area contributed by atoms with Gasteiger partial charge in [0.25, 0.3) is 0 Å². The molecular formula is C26H27N3O4S. The summed E-state index contributed by atoms with van der Waals surface area (Å²) in [5, 5.41) is 30.6. The Kier molecular flexibility index (Phi) is 9.41. The van der Waals surface area contributed by atoms with Crippen molar-refractivity contribution >= 4 is 28.7 Å². The number of carbonyl (C=O) groups excluding carboxylic acids is 2. The lowest BCUT2D eigenvalue weighted by Crippen LogP contribution is -2.60. The van der Waals surface area contributed by atoms with Gasteiger partial charge in [0.15, 0.2) is 0 Å². The van der Waals surface area contributed by atoms with E-state index in [1.165, 1.54) is 7.11 Å². The van der Waals surface area contributed by atoms with Gasteiger partial charge in [-0.05, 0) is 36.3 Å². The summed E-state index contributed by atoms with van der Waals surface area (Å²) in [6.07, 6.45) is 4.85. The lowest BCUT2D eigenvalue weighted by atomic mass is 9.68. The third kappa shape index (κ3) is 5.84. The molecule has 1 heterocycles. The molecule has 7 nitrogen and oxygen atoms in total. The molecule has 176 valence electrons. The Balaban J connectivity index is 0.000000497. The summed E-state index contributed by atoms with van der Waals surface area (Å²) >= 11 is 0. The van der Waals surface area contributed by atoms with Crippen molar-refractivity contribution in [2.75, 3.05) is 19.6 Å². The Morgan fingerprint density at radius 2 is 1.50 bits per heavy atom. The Hall–Kier alpha value is -3.62. The van der Waals surface area contributed by atoms with E-state index in [1.807, 2.05) is 73.2 Å². The molecule has 2 aromatic rings. The fourth-order valence-corrected chi connectivity index (χ4v) is 5.53.